The fourth-order valence-corrected chi connectivity index (χ4v) is 2.26. The molecule has 0 saturated carbocycles. The van der Waals surface area contributed by atoms with Crippen molar-refractivity contribution < 1.29 is 0 Å². The molecule has 1 aromatic heterocycles. The van der Waals surface area contributed by atoms with Crippen LogP contribution in [0.15, 0.2) is 48.8 Å². The highest BCUT2D eigenvalue weighted by Gasteiger charge is 2.05. The van der Waals surface area contributed by atoms with Gasteiger partial charge in [0.2, 0.25) is 0 Å². The van der Waals surface area contributed by atoms with Crippen LogP contribution in [0.1, 0.15) is 5.56 Å². The van der Waals surface area contributed by atoms with Crippen LogP contribution in [0.3, 0.4) is 0 Å². The van der Waals surface area contributed by atoms with E-state index in [1.807, 2.05) is 36.4 Å². The van der Waals surface area contributed by atoms with E-state index in [1.165, 1.54) is 0 Å². The molecule has 3 aromatic rings. The predicted molar refractivity (Wildman–Crippen MR) is 82.9 cm³/mol. The van der Waals surface area contributed by atoms with Gasteiger partial charge in [0.1, 0.15) is 6.33 Å². The molecule has 0 aliphatic rings. The minimum Gasteiger partial charge on any atom is -0.379 e. The molecule has 0 bridgehead atoms. The number of anilines is 1. The second-order valence-electron chi connectivity index (χ2n) is 4.37. The van der Waals surface area contributed by atoms with Crippen LogP contribution in [0.25, 0.3) is 5.69 Å². The van der Waals surface area contributed by atoms with Crippen LogP contribution in [0.2, 0.25) is 10.0 Å². The number of benzene rings is 2. The first-order chi connectivity index (χ1) is 10.2. The summed E-state index contributed by atoms with van der Waals surface area (Å²) in [6, 6.07) is 13.3. The molecule has 0 spiro atoms. The van der Waals surface area contributed by atoms with Crippen molar-refractivity contribution in [1.29, 1.82) is 0 Å². The lowest BCUT2D eigenvalue weighted by atomic mass is 10.2. The number of rotatable bonds is 4. The molecular formula is C14H11Cl2N5. The summed E-state index contributed by atoms with van der Waals surface area (Å²) >= 11 is 11.9. The lowest BCUT2D eigenvalue weighted by molar-refractivity contribution is 0.789. The van der Waals surface area contributed by atoms with Crippen molar-refractivity contribution in [3.63, 3.8) is 0 Å². The number of tetrazole rings is 1. The van der Waals surface area contributed by atoms with Crippen LogP contribution in [-0.2, 0) is 6.54 Å². The third kappa shape index (κ3) is 3.15. The summed E-state index contributed by atoms with van der Waals surface area (Å²) in [6.45, 7) is 0.621. The standard InChI is InChI=1S/C14H11Cl2N5/c15-11-6-5-10(7-12(11)16)8-17-13-3-1-2-4-14(13)21-9-18-19-20-21/h1-7,9,17H,8H2. The van der Waals surface area contributed by atoms with Gasteiger partial charge in [-0.15, -0.1) is 5.10 Å². The summed E-state index contributed by atoms with van der Waals surface area (Å²) < 4.78 is 1.61. The van der Waals surface area contributed by atoms with E-state index < -0.39 is 0 Å². The zero-order chi connectivity index (χ0) is 14.7. The molecule has 1 N–H and O–H groups in total. The Hall–Kier alpha value is -2.11. The minimum absolute atomic E-state index is 0.546. The van der Waals surface area contributed by atoms with E-state index in [-0.39, 0.29) is 0 Å². The Labute approximate surface area is 131 Å². The molecule has 21 heavy (non-hydrogen) atoms. The molecule has 0 atom stereocenters. The van der Waals surface area contributed by atoms with Crippen molar-refractivity contribution in [3.8, 4) is 5.69 Å². The molecule has 106 valence electrons. The van der Waals surface area contributed by atoms with Crippen molar-refractivity contribution >= 4 is 28.9 Å². The van der Waals surface area contributed by atoms with E-state index >= 15 is 0 Å². The molecule has 0 fully saturated rings. The molecule has 2 aromatic carbocycles. The van der Waals surface area contributed by atoms with Gasteiger partial charge in [-0.05, 0) is 40.3 Å². The van der Waals surface area contributed by atoms with E-state index in [0.717, 1.165) is 16.9 Å². The van der Waals surface area contributed by atoms with Crippen LogP contribution in [0.4, 0.5) is 5.69 Å². The first kappa shape index (κ1) is 13.9. The lowest BCUT2D eigenvalue weighted by Gasteiger charge is -2.11. The lowest BCUT2D eigenvalue weighted by Crippen LogP contribution is -2.05. The number of halogens is 2. The van der Waals surface area contributed by atoms with Gasteiger partial charge in [0.05, 0.1) is 21.4 Å². The normalized spacial score (nSPS) is 10.6. The second kappa shape index (κ2) is 6.11. The second-order valence-corrected chi connectivity index (χ2v) is 5.19. The van der Waals surface area contributed by atoms with Gasteiger partial charge < -0.3 is 5.32 Å². The van der Waals surface area contributed by atoms with Crippen molar-refractivity contribution in [3.05, 3.63) is 64.4 Å². The van der Waals surface area contributed by atoms with Crippen molar-refractivity contribution in [2.45, 2.75) is 6.54 Å². The highest BCUT2D eigenvalue weighted by atomic mass is 35.5. The first-order valence-electron chi connectivity index (χ1n) is 6.24. The summed E-state index contributed by atoms with van der Waals surface area (Å²) in [6.07, 6.45) is 1.56. The third-order valence-electron chi connectivity index (χ3n) is 2.97. The van der Waals surface area contributed by atoms with Gasteiger partial charge >= 0.3 is 0 Å². The maximum absolute atomic E-state index is 6.02. The number of hydrogen-bond acceptors (Lipinski definition) is 4. The number of hydrogen-bond donors (Lipinski definition) is 1. The molecule has 1 heterocycles. The summed E-state index contributed by atoms with van der Waals surface area (Å²) in [4.78, 5) is 0. The topological polar surface area (TPSA) is 55.6 Å². The van der Waals surface area contributed by atoms with E-state index in [1.54, 1.807) is 17.1 Å². The number of para-hydroxylation sites is 2. The predicted octanol–water partition coefficient (Wildman–Crippen LogP) is 3.58. The zero-order valence-electron chi connectivity index (χ0n) is 10.9. The highest BCUT2D eigenvalue weighted by Crippen LogP contribution is 2.24. The molecule has 0 amide bonds. The zero-order valence-corrected chi connectivity index (χ0v) is 12.4. The van der Waals surface area contributed by atoms with Gasteiger partial charge in [0.25, 0.3) is 0 Å². The third-order valence-corrected chi connectivity index (χ3v) is 3.71. The van der Waals surface area contributed by atoms with Crippen LogP contribution in [0, 0.1) is 0 Å². The van der Waals surface area contributed by atoms with Gasteiger partial charge in [0.15, 0.2) is 0 Å². The quantitative estimate of drug-likeness (QED) is 0.798. The molecule has 7 heteroatoms. The SMILES string of the molecule is Clc1ccc(CNc2ccccc2-n2cnnn2)cc1Cl. The van der Waals surface area contributed by atoms with Crippen LogP contribution in [0.5, 0.6) is 0 Å². The Balaban J connectivity index is 1.81. The molecule has 3 rings (SSSR count). The fraction of sp³-hybridized carbons (Fsp3) is 0.0714. The van der Waals surface area contributed by atoms with E-state index in [9.17, 15) is 0 Å². The Morgan fingerprint density at radius 1 is 1.05 bits per heavy atom. The molecule has 0 aliphatic carbocycles. The molecule has 5 nitrogen and oxygen atoms in total. The average molecular weight is 320 g/mol. The van der Waals surface area contributed by atoms with Crippen molar-refractivity contribution in [2.75, 3.05) is 5.32 Å². The van der Waals surface area contributed by atoms with Crippen LogP contribution < -0.4 is 5.32 Å². The number of nitrogens with zero attached hydrogens (tertiary/aromatic N) is 4. The molecule has 0 radical (unpaired) electrons. The maximum Gasteiger partial charge on any atom is 0.143 e. The molecule has 0 aliphatic heterocycles. The van der Waals surface area contributed by atoms with Gasteiger partial charge in [-0.2, -0.15) is 4.68 Å². The number of nitrogens with one attached hydrogen (secondary N) is 1. The van der Waals surface area contributed by atoms with Crippen LogP contribution >= 0.6 is 23.2 Å². The average Bonchev–Trinajstić information content (AvgIpc) is 3.03. The largest absolute Gasteiger partial charge is 0.379 e. The van der Waals surface area contributed by atoms with Gasteiger partial charge in [-0.3, -0.25) is 0 Å². The van der Waals surface area contributed by atoms with Gasteiger partial charge in [-0.1, -0.05) is 41.4 Å². The van der Waals surface area contributed by atoms with Crippen molar-refractivity contribution in [2.24, 2.45) is 0 Å². The Morgan fingerprint density at radius 2 is 1.90 bits per heavy atom. The van der Waals surface area contributed by atoms with E-state index in [4.69, 9.17) is 23.2 Å². The molecule has 0 saturated heterocycles. The molecular weight excluding hydrogens is 309 g/mol. The Bertz CT molecular complexity index is 743. The highest BCUT2D eigenvalue weighted by molar-refractivity contribution is 6.42. The van der Waals surface area contributed by atoms with Crippen LogP contribution in [-0.4, -0.2) is 20.2 Å². The first-order valence-corrected chi connectivity index (χ1v) is 7.00. The van der Waals surface area contributed by atoms with Crippen molar-refractivity contribution in [1.82, 2.24) is 20.2 Å². The summed E-state index contributed by atoms with van der Waals surface area (Å²) in [7, 11) is 0. The summed E-state index contributed by atoms with van der Waals surface area (Å²) in [5, 5.41) is 15.7. The Morgan fingerprint density at radius 3 is 2.67 bits per heavy atom. The fourth-order valence-electron chi connectivity index (χ4n) is 1.94. The summed E-state index contributed by atoms with van der Waals surface area (Å²) in [5.74, 6) is 0. The smallest absolute Gasteiger partial charge is 0.143 e. The van der Waals surface area contributed by atoms with Gasteiger partial charge in [-0.25, -0.2) is 0 Å². The van der Waals surface area contributed by atoms with E-state index in [0.29, 0.717) is 16.6 Å². The minimum atomic E-state index is 0.546. The van der Waals surface area contributed by atoms with Gasteiger partial charge in [0, 0.05) is 6.54 Å². The number of aromatic nitrogens is 4. The Kier molecular flexibility index (Phi) is 4.03. The van der Waals surface area contributed by atoms with E-state index in [2.05, 4.69) is 20.8 Å². The monoisotopic (exact) mass is 319 g/mol. The maximum atomic E-state index is 6.02. The molecule has 0 unspecified atom stereocenters. The summed E-state index contributed by atoms with van der Waals surface area (Å²) in [5.41, 5.74) is 2.84.